The van der Waals surface area contributed by atoms with Gasteiger partial charge in [-0.2, -0.15) is 0 Å². The van der Waals surface area contributed by atoms with Crippen molar-refractivity contribution in [2.24, 2.45) is 0 Å². The van der Waals surface area contributed by atoms with Crippen LogP contribution in [0, 0.1) is 12.7 Å². The summed E-state index contributed by atoms with van der Waals surface area (Å²) in [4.78, 5) is 29.6. The molecule has 2 N–H and O–H groups in total. The monoisotopic (exact) mass is 461 g/mol. The minimum absolute atomic E-state index is 0.00409. The number of hydrogen-bond acceptors (Lipinski definition) is 6. The van der Waals surface area contributed by atoms with Gasteiger partial charge in [-0.05, 0) is 48.9 Å². The fraction of sp³-hybridized carbons (Fsp3) is 0.0500. The number of thiazole rings is 1. The maximum Gasteiger partial charge on any atom is 0.291 e. The van der Waals surface area contributed by atoms with E-state index < -0.39 is 11.7 Å². The number of nitrogens with zero attached hydrogens (tertiary/aromatic N) is 1. The van der Waals surface area contributed by atoms with Crippen LogP contribution < -0.4 is 10.6 Å². The topological polar surface area (TPSA) is 84.2 Å². The summed E-state index contributed by atoms with van der Waals surface area (Å²) in [7, 11) is 0. The summed E-state index contributed by atoms with van der Waals surface area (Å²) in [5.41, 5.74) is 1.94. The minimum atomic E-state index is -0.507. The normalized spacial score (nSPS) is 10.8. The van der Waals surface area contributed by atoms with Gasteiger partial charge in [0.1, 0.15) is 5.82 Å². The number of nitrogens with one attached hydrogen (secondary N) is 2. The molecule has 0 aliphatic carbocycles. The average molecular weight is 462 g/mol. The number of aromatic nitrogens is 1. The molecule has 0 radical (unpaired) electrons. The summed E-state index contributed by atoms with van der Waals surface area (Å²) in [6, 6.07) is 9.21. The molecule has 0 aliphatic heterocycles. The number of benzene rings is 1. The van der Waals surface area contributed by atoms with E-state index in [9.17, 15) is 14.0 Å². The molecule has 4 rings (SSSR count). The third-order valence-corrected chi connectivity index (χ3v) is 6.24. The van der Waals surface area contributed by atoms with Crippen LogP contribution in [0.15, 0.2) is 52.5 Å². The van der Waals surface area contributed by atoms with Gasteiger partial charge in [-0.1, -0.05) is 11.6 Å². The van der Waals surface area contributed by atoms with Crippen LogP contribution in [-0.4, -0.2) is 16.8 Å². The van der Waals surface area contributed by atoms with Crippen LogP contribution in [0.1, 0.15) is 25.8 Å². The van der Waals surface area contributed by atoms with Gasteiger partial charge < -0.3 is 9.73 Å². The average Bonchev–Trinajstić information content (AvgIpc) is 3.45. The van der Waals surface area contributed by atoms with E-state index in [0.717, 1.165) is 11.3 Å². The SMILES string of the molecule is Cc1cc(NC(=O)c2ccco2)sc1C(=O)Nc1nc(-c2ccc(F)c(Cl)c2)cs1. The van der Waals surface area contributed by atoms with E-state index in [1.54, 1.807) is 36.6 Å². The number of amides is 2. The first-order valence-electron chi connectivity index (χ1n) is 8.58. The molecule has 152 valence electrons. The maximum absolute atomic E-state index is 13.3. The molecule has 4 aromatic rings. The maximum atomic E-state index is 13.3. The zero-order valence-electron chi connectivity index (χ0n) is 15.4. The van der Waals surface area contributed by atoms with Crippen LogP contribution in [0.2, 0.25) is 5.02 Å². The predicted molar refractivity (Wildman–Crippen MR) is 116 cm³/mol. The number of aryl methyl sites for hydroxylation is 1. The standard InChI is InChI=1S/C20H13ClFN3O3S2/c1-10-7-16(24-18(26)15-3-2-6-28-15)30-17(10)19(27)25-20-23-14(9-29-20)11-4-5-13(22)12(21)8-11/h2-9H,1H3,(H,24,26)(H,23,25,27). The van der Waals surface area contributed by atoms with E-state index in [0.29, 0.717) is 31.8 Å². The Balaban J connectivity index is 1.46. The van der Waals surface area contributed by atoms with E-state index in [-0.39, 0.29) is 16.7 Å². The Morgan fingerprint density at radius 1 is 1.17 bits per heavy atom. The van der Waals surface area contributed by atoms with Crippen molar-refractivity contribution in [1.82, 2.24) is 4.98 Å². The Morgan fingerprint density at radius 2 is 2.00 bits per heavy atom. The molecule has 30 heavy (non-hydrogen) atoms. The van der Waals surface area contributed by atoms with Crippen LogP contribution in [0.25, 0.3) is 11.3 Å². The molecule has 0 fully saturated rings. The molecule has 1 aromatic carbocycles. The third-order valence-electron chi connectivity index (χ3n) is 4.05. The second-order valence-corrected chi connectivity index (χ2v) is 8.49. The van der Waals surface area contributed by atoms with Crippen molar-refractivity contribution in [3.8, 4) is 11.3 Å². The molecular weight excluding hydrogens is 449 g/mol. The van der Waals surface area contributed by atoms with Crippen LogP contribution in [-0.2, 0) is 0 Å². The van der Waals surface area contributed by atoms with Crippen molar-refractivity contribution in [2.45, 2.75) is 6.92 Å². The van der Waals surface area contributed by atoms with Crippen LogP contribution >= 0.6 is 34.3 Å². The van der Waals surface area contributed by atoms with Crippen molar-refractivity contribution >= 4 is 56.2 Å². The molecule has 6 nitrogen and oxygen atoms in total. The quantitative estimate of drug-likeness (QED) is 0.377. The number of rotatable bonds is 5. The summed E-state index contributed by atoms with van der Waals surface area (Å²) in [5.74, 6) is -1.06. The van der Waals surface area contributed by atoms with Crippen molar-refractivity contribution in [2.75, 3.05) is 10.6 Å². The van der Waals surface area contributed by atoms with Crippen molar-refractivity contribution < 1.29 is 18.4 Å². The fourth-order valence-electron chi connectivity index (χ4n) is 2.62. The van der Waals surface area contributed by atoms with Gasteiger partial charge in [-0.3, -0.25) is 14.9 Å². The van der Waals surface area contributed by atoms with E-state index >= 15 is 0 Å². The molecule has 2 amide bonds. The van der Waals surface area contributed by atoms with Crippen molar-refractivity contribution in [1.29, 1.82) is 0 Å². The zero-order valence-corrected chi connectivity index (χ0v) is 17.8. The number of hydrogen-bond donors (Lipinski definition) is 2. The molecule has 3 heterocycles. The number of furan rings is 1. The Morgan fingerprint density at radius 3 is 2.73 bits per heavy atom. The minimum Gasteiger partial charge on any atom is -0.459 e. The van der Waals surface area contributed by atoms with Crippen molar-refractivity contribution in [3.05, 3.63) is 75.1 Å². The highest BCUT2D eigenvalue weighted by Crippen LogP contribution is 2.31. The highest BCUT2D eigenvalue weighted by atomic mass is 35.5. The Bertz CT molecular complexity index is 1230. The van der Waals surface area contributed by atoms with Crippen LogP contribution in [0.3, 0.4) is 0 Å². The van der Waals surface area contributed by atoms with Crippen molar-refractivity contribution in [3.63, 3.8) is 0 Å². The van der Waals surface area contributed by atoms with Gasteiger partial charge >= 0.3 is 0 Å². The first-order valence-corrected chi connectivity index (χ1v) is 10.7. The lowest BCUT2D eigenvalue weighted by atomic mass is 10.2. The number of thiophene rings is 1. The lowest BCUT2D eigenvalue weighted by Gasteiger charge is -2.01. The van der Waals surface area contributed by atoms with Gasteiger partial charge in [0, 0.05) is 10.9 Å². The molecule has 0 aliphatic rings. The first-order chi connectivity index (χ1) is 14.4. The molecular formula is C20H13ClFN3O3S2. The van der Waals surface area contributed by atoms with E-state index in [1.165, 1.54) is 29.7 Å². The molecule has 0 saturated carbocycles. The summed E-state index contributed by atoms with van der Waals surface area (Å²) in [5, 5.41) is 8.13. The molecule has 3 aromatic heterocycles. The van der Waals surface area contributed by atoms with Crippen LogP contribution in [0.5, 0.6) is 0 Å². The highest BCUT2D eigenvalue weighted by Gasteiger charge is 2.18. The molecule has 0 unspecified atom stereocenters. The Labute approximate surface area is 183 Å². The lowest BCUT2D eigenvalue weighted by molar-refractivity contribution is 0.0995. The molecule has 10 heteroatoms. The smallest absolute Gasteiger partial charge is 0.291 e. The molecule has 0 bridgehead atoms. The summed E-state index contributed by atoms with van der Waals surface area (Å²) in [6.07, 6.45) is 1.41. The summed E-state index contributed by atoms with van der Waals surface area (Å²) in [6.45, 7) is 1.78. The van der Waals surface area contributed by atoms with E-state index in [1.807, 2.05) is 0 Å². The fourth-order valence-corrected chi connectivity index (χ4v) is 4.48. The van der Waals surface area contributed by atoms with E-state index in [2.05, 4.69) is 15.6 Å². The largest absolute Gasteiger partial charge is 0.459 e. The Hall–Kier alpha value is -3.01. The van der Waals surface area contributed by atoms with Gasteiger partial charge in [-0.15, -0.1) is 22.7 Å². The molecule has 0 atom stereocenters. The first kappa shape index (κ1) is 20.3. The highest BCUT2D eigenvalue weighted by molar-refractivity contribution is 7.18. The third kappa shape index (κ3) is 4.28. The van der Waals surface area contributed by atoms with Gasteiger partial charge in [-0.25, -0.2) is 9.37 Å². The van der Waals surface area contributed by atoms with Gasteiger partial charge in [0.25, 0.3) is 11.8 Å². The van der Waals surface area contributed by atoms with E-state index in [4.69, 9.17) is 16.0 Å². The van der Waals surface area contributed by atoms with Gasteiger partial charge in [0.05, 0.1) is 26.9 Å². The molecule has 0 saturated heterocycles. The Kier molecular flexibility index (Phi) is 5.67. The summed E-state index contributed by atoms with van der Waals surface area (Å²) >= 11 is 8.21. The number of carbonyl (C=O) groups is 2. The second kappa shape index (κ2) is 8.39. The predicted octanol–water partition coefficient (Wildman–Crippen LogP) is 6.07. The van der Waals surface area contributed by atoms with Crippen LogP contribution in [0.4, 0.5) is 14.5 Å². The number of halogens is 2. The number of carbonyl (C=O) groups excluding carboxylic acids is 2. The number of anilines is 2. The second-order valence-electron chi connectivity index (χ2n) is 6.18. The molecule has 0 spiro atoms. The van der Waals surface area contributed by atoms with Gasteiger partial charge in [0.2, 0.25) is 0 Å². The van der Waals surface area contributed by atoms with Gasteiger partial charge in [0.15, 0.2) is 10.9 Å². The lowest BCUT2D eigenvalue weighted by Crippen LogP contribution is -2.11. The summed E-state index contributed by atoms with van der Waals surface area (Å²) < 4.78 is 18.4. The zero-order chi connectivity index (χ0) is 21.3.